The number of amides is 1. The molecule has 3 nitrogen and oxygen atoms in total. The average molecular weight is 232 g/mol. The van der Waals surface area contributed by atoms with Crippen LogP contribution >= 0.6 is 0 Å². The molecule has 0 atom stereocenters. The van der Waals surface area contributed by atoms with Crippen LogP contribution in [-0.2, 0) is 4.79 Å². The van der Waals surface area contributed by atoms with E-state index in [1.165, 1.54) is 0 Å². The summed E-state index contributed by atoms with van der Waals surface area (Å²) in [7, 11) is 0. The highest BCUT2D eigenvalue weighted by Crippen LogP contribution is 2.68. The zero-order chi connectivity index (χ0) is 12.8. The third-order valence-corrected chi connectivity index (χ3v) is 4.46. The number of carbonyl (C=O) groups excluding carboxylic acids is 1. The Kier molecular flexibility index (Phi) is 2.45. The molecule has 1 aliphatic rings. The van der Waals surface area contributed by atoms with Gasteiger partial charge in [0.15, 0.2) is 0 Å². The Hall–Kier alpha value is -1.51. The minimum Gasteiger partial charge on any atom is -0.399 e. The van der Waals surface area contributed by atoms with Crippen molar-refractivity contribution in [2.45, 2.75) is 27.7 Å². The Morgan fingerprint density at radius 2 is 1.59 bits per heavy atom. The fraction of sp³-hybridized carbons (Fsp3) is 0.500. The van der Waals surface area contributed by atoms with Gasteiger partial charge in [0.25, 0.3) is 0 Å². The van der Waals surface area contributed by atoms with Crippen LogP contribution in [0.3, 0.4) is 0 Å². The number of nitrogen functional groups attached to an aromatic ring is 1. The van der Waals surface area contributed by atoms with Gasteiger partial charge in [0.2, 0.25) is 5.91 Å². The van der Waals surface area contributed by atoms with Gasteiger partial charge in [-0.3, -0.25) is 4.79 Å². The highest BCUT2D eigenvalue weighted by Gasteiger charge is 2.68. The normalized spacial score (nSPS) is 20.9. The van der Waals surface area contributed by atoms with E-state index < -0.39 is 0 Å². The maximum atomic E-state index is 12.1. The molecule has 0 unspecified atom stereocenters. The van der Waals surface area contributed by atoms with Crippen molar-refractivity contribution < 1.29 is 4.79 Å². The number of hydrogen-bond donors (Lipinski definition) is 2. The first-order chi connectivity index (χ1) is 7.76. The summed E-state index contributed by atoms with van der Waals surface area (Å²) >= 11 is 0. The maximum absolute atomic E-state index is 12.1. The molecule has 1 aromatic carbocycles. The van der Waals surface area contributed by atoms with Crippen molar-refractivity contribution >= 4 is 17.3 Å². The van der Waals surface area contributed by atoms with Crippen molar-refractivity contribution in [1.29, 1.82) is 0 Å². The van der Waals surface area contributed by atoms with Gasteiger partial charge in [-0.15, -0.1) is 0 Å². The molecule has 1 amide bonds. The molecule has 0 bridgehead atoms. The number of rotatable bonds is 2. The van der Waals surface area contributed by atoms with Crippen molar-refractivity contribution in [2.75, 3.05) is 11.1 Å². The molecule has 0 aliphatic heterocycles. The lowest BCUT2D eigenvalue weighted by molar-refractivity contribution is -0.118. The predicted molar refractivity (Wildman–Crippen MR) is 70.5 cm³/mol. The van der Waals surface area contributed by atoms with Crippen LogP contribution in [0.5, 0.6) is 0 Å². The third-order valence-electron chi connectivity index (χ3n) is 4.46. The fourth-order valence-corrected chi connectivity index (χ4v) is 2.63. The van der Waals surface area contributed by atoms with Gasteiger partial charge in [-0.2, -0.15) is 0 Å². The summed E-state index contributed by atoms with van der Waals surface area (Å²) in [6.07, 6.45) is 0. The summed E-state index contributed by atoms with van der Waals surface area (Å²) < 4.78 is 0. The van der Waals surface area contributed by atoms with E-state index in [2.05, 4.69) is 33.0 Å². The van der Waals surface area contributed by atoms with Crippen LogP contribution in [0, 0.1) is 16.7 Å². The molecule has 0 spiro atoms. The van der Waals surface area contributed by atoms with Crippen molar-refractivity contribution in [3.63, 3.8) is 0 Å². The molecule has 1 aromatic rings. The highest BCUT2D eigenvalue weighted by molar-refractivity contribution is 5.96. The van der Waals surface area contributed by atoms with Crippen molar-refractivity contribution in [3.05, 3.63) is 24.3 Å². The van der Waals surface area contributed by atoms with Crippen molar-refractivity contribution in [2.24, 2.45) is 16.7 Å². The summed E-state index contributed by atoms with van der Waals surface area (Å²) in [5, 5.41) is 2.95. The summed E-state index contributed by atoms with van der Waals surface area (Å²) in [5.41, 5.74) is 7.26. The number of nitrogens with one attached hydrogen (secondary N) is 1. The monoisotopic (exact) mass is 232 g/mol. The average Bonchev–Trinajstić information content (AvgIpc) is 2.61. The Balaban J connectivity index is 2.07. The highest BCUT2D eigenvalue weighted by atomic mass is 16.2. The van der Waals surface area contributed by atoms with E-state index in [0.717, 1.165) is 5.69 Å². The Morgan fingerprint density at radius 3 is 2.00 bits per heavy atom. The minimum atomic E-state index is 0.0743. The van der Waals surface area contributed by atoms with E-state index in [1.807, 2.05) is 12.1 Å². The Bertz CT molecular complexity index is 432. The fourth-order valence-electron chi connectivity index (χ4n) is 2.63. The molecule has 17 heavy (non-hydrogen) atoms. The molecule has 1 saturated carbocycles. The summed E-state index contributed by atoms with van der Waals surface area (Å²) in [5.74, 6) is 0.178. The third kappa shape index (κ3) is 1.79. The minimum absolute atomic E-state index is 0.0743. The molecule has 2 rings (SSSR count). The molecule has 0 heterocycles. The summed E-state index contributed by atoms with van der Waals surface area (Å²) in [6, 6.07) is 7.24. The topological polar surface area (TPSA) is 55.1 Å². The van der Waals surface area contributed by atoms with Gasteiger partial charge in [-0.05, 0) is 35.1 Å². The first-order valence-corrected chi connectivity index (χ1v) is 5.93. The number of nitrogens with two attached hydrogens (primary N) is 1. The number of anilines is 2. The Labute approximate surface area is 102 Å². The van der Waals surface area contributed by atoms with Gasteiger partial charge < -0.3 is 11.1 Å². The zero-order valence-electron chi connectivity index (χ0n) is 10.9. The standard InChI is InChI=1S/C14H20N2O/c1-13(2)11(14(13,3)4)12(17)16-10-7-5-9(15)6-8-10/h5-8,11H,15H2,1-4H3,(H,16,17). The molecule has 1 fully saturated rings. The second-order valence-electron chi connectivity index (χ2n) is 5.99. The zero-order valence-corrected chi connectivity index (χ0v) is 10.9. The molecular formula is C14H20N2O. The van der Waals surface area contributed by atoms with Crippen LogP contribution in [0.25, 0.3) is 0 Å². The van der Waals surface area contributed by atoms with Crippen LogP contribution in [0.2, 0.25) is 0 Å². The molecule has 92 valence electrons. The van der Waals surface area contributed by atoms with Crippen molar-refractivity contribution in [3.8, 4) is 0 Å². The van der Waals surface area contributed by atoms with Crippen LogP contribution < -0.4 is 11.1 Å². The van der Waals surface area contributed by atoms with Gasteiger partial charge >= 0.3 is 0 Å². The molecule has 1 aliphatic carbocycles. The molecule has 0 saturated heterocycles. The molecular weight excluding hydrogens is 212 g/mol. The maximum Gasteiger partial charge on any atom is 0.228 e. The second kappa shape index (κ2) is 3.49. The Morgan fingerprint density at radius 1 is 1.12 bits per heavy atom. The molecule has 3 N–H and O–H groups in total. The van der Waals surface area contributed by atoms with Crippen LogP contribution in [0.1, 0.15) is 27.7 Å². The van der Waals surface area contributed by atoms with Gasteiger partial charge in [-0.25, -0.2) is 0 Å². The van der Waals surface area contributed by atoms with E-state index in [4.69, 9.17) is 5.73 Å². The quantitative estimate of drug-likeness (QED) is 0.770. The van der Waals surface area contributed by atoms with E-state index in [1.54, 1.807) is 12.1 Å². The first kappa shape index (κ1) is 12.0. The number of benzene rings is 1. The van der Waals surface area contributed by atoms with E-state index >= 15 is 0 Å². The predicted octanol–water partition coefficient (Wildman–Crippen LogP) is 2.89. The summed E-state index contributed by atoms with van der Waals surface area (Å²) in [4.78, 5) is 12.1. The lowest BCUT2D eigenvalue weighted by Crippen LogP contribution is -2.17. The van der Waals surface area contributed by atoms with E-state index in [9.17, 15) is 4.79 Å². The molecule has 0 aromatic heterocycles. The van der Waals surface area contributed by atoms with Gasteiger partial charge in [0.05, 0.1) is 0 Å². The van der Waals surface area contributed by atoms with Crippen LogP contribution in [0.4, 0.5) is 11.4 Å². The second-order valence-corrected chi connectivity index (χ2v) is 5.99. The first-order valence-electron chi connectivity index (χ1n) is 5.93. The van der Waals surface area contributed by atoms with Gasteiger partial charge in [0.1, 0.15) is 0 Å². The molecule has 3 heteroatoms. The SMILES string of the molecule is CC1(C)C(C(=O)Nc2ccc(N)cc2)C1(C)C. The lowest BCUT2D eigenvalue weighted by atomic mass is 10.0. The van der Waals surface area contributed by atoms with Crippen LogP contribution in [-0.4, -0.2) is 5.91 Å². The lowest BCUT2D eigenvalue weighted by Gasteiger charge is -2.06. The van der Waals surface area contributed by atoms with Gasteiger partial charge in [-0.1, -0.05) is 27.7 Å². The largest absolute Gasteiger partial charge is 0.399 e. The van der Waals surface area contributed by atoms with E-state index in [0.29, 0.717) is 5.69 Å². The van der Waals surface area contributed by atoms with E-state index in [-0.39, 0.29) is 22.7 Å². The smallest absolute Gasteiger partial charge is 0.228 e. The summed E-state index contributed by atoms with van der Waals surface area (Å²) in [6.45, 7) is 8.56. The number of carbonyl (C=O) groups is 1. The number of hydrogen-bond acceptors (Lipinski definition) is 2. The van der Waals surface area contributed by atoms with Crippen molar-refractivity contribution in [1.82, 2.24) is 0 Å². The van der Waals surface area contributed by atoms with Crippen LogP contribution in [0.15, 0.2) is 24.3 Å². The molecule has 0 radical (unpaired) electrons. The van der Waals surface area contributed by atoms with Gasteiger partial charge in [0, 0.05) is 17.3 Å².